The molecule has 18 heavy (non-hydrogen) atoms. The molecule has 0 bridgehead atoms. The molecular formula is C11H12ClNO4S. The van der Waals surface area contributed by atoms with Gasteiger partial charge in [-0.25, -0.2) is 13.2 Å². The molecule has 0 unspecified atom stereocenters. The maximum absolute atomic E-state index is 11.9. The van der Waals surface area contributed by atoms with Crippen LogP contribution in [-0.4, -0.2) is 31.8 Å². The Balaban J connectivity index is 2.45. The SMILES string of the molecule is O=C(O)c1cc(N2CCCCS2(=O)=O)ccc1Cl. The number of hydrogen-bond donors (Lipinski definition) is 1. The highest BCUT2D eigenvalue weighted by molar-refractivity contribution is 7.92. The van der Waals surface area contributed by atoms with Gasteiger partial charge < -0.3 is 5.11 Å². The molecular weight excluding hydrogens is 278 g/mol. The number of carbonyl (C=O) groups is 1. The predicted molar refractivity (Wildman–Crippen MR) is 68.8 cm³/mol. The lowest BCUT2D eigenvalue weighted by atomic mass is 10.2. The van der Waals surface area contributed by atoms with E-state index in [2.05, 4.69) is 0 Å². The average Bonchev–Trinajstić information content (AvgIpc) is 2.29. The highest BCUT2D eigenvalue weighted by Crippen LogP contribution is 2.27. The summed E-state index contributed by atoms with van der Waals surface area (Å²) in [5.41, 5.74) is 0.270. The van der Waals surface area contributed by atoms with Crippen LogP contribution in [0.3, 0.4) is 0 Å². The maximum atomic E-state index is 11.9. The van der Waals surface area contributed by atoms with Gasteiger partial charge >= 0.3 is 5.97 Å². The minimum absolute atomic E-state index is 0.0880. The van der Waals surface area contributed by atoms with E-state index in [1.54, 1.807) is 0 Å². The summed E-state index contributed by atoms with van der Waals surface area (Å²) in [6.07, 6.45) is 1.41. The van der Waals surface area contributed by atoms with Gasteiger partial charge in [0.25, 0.3) is 0 Å². The van der Waals surface area contributed by atoms with E-state index < -0.39 is 16.0 Å². The Hall–Kier alpha value is -1.27. The van der Waals surface area contributed by atoms with E-state index >= 15 is 0 Å². The molecule has 1 fully saturated rings. The van der Waals surface area contributed by atoms with Crippen molar-refractivity contribution in [3.63, 3.8) is 0 Å². The molecule has 1 aliphatic heterocycles. The van der Waals surface area contributed by atoms with E-state index in [1.165, 1.54) is 22.5 Å². The number of rotatable bonds is 2. The van der Waals surface area contributed by atoms with Crippen LogP contribution in [0.1, 0.15) is 23.2 Å². The summed E-state index contributed by atoms with van der Waals surface area (Å²) < 4.78 is 25.0. The molecule has 5 nitrogen and oxygen atoms in total. The highest BCUT2D eigenvalue weighted by atomic mass is 35.5. The van der Waals surface area contributed by atoms with Crippen LogP contribution in [0.2, 0.25) is 5.02 Å². The lowest BCUT2D eigenvalue weighted by molar-refractivity contribution is 0.0697. The van der Waals surface area contributed by atoms with E-state index in [4.69, 9.17) is 16.7 Å². The molecule has 1 aromatic carbocycles. The van der Waals surface area contributed by atoms with Crippen LogP contribution in [0.4, 0.5) is 5.69 Å². The van der Waals surface area contributed by atoms with Gasteiger partial charge in [-0.3, -0.25) is 4.31 Å². The Bertz CT molecular complexity index is 585. The minimum atomic E-state index is -3.33. The van der Waals surface area contributed by atoms with Crippen LogP contribution >= 0.6 is 11.6 Å². The van der Waals surface area contributed by atoms with Gasteiger partial charge in [0.05, 0.1) is 22.0 Å². The van der Waals surface area contributed by atoms with Crippen LogP contribution < -0.4 is 4.31 Å². The zero-order valence-electron chi connectivity index (χ0n) is 9.47. The van der Waals surface area contributed by atoms with Gasteiger partial charge in [-0.05, 0) is 31.0 Å². The van der Waals surface area contributed by atoms with E-state index in [1.807, 2.05) is 0 Å². The van der Waals surface area contributed by atoms with Gasteiger partial charge in [0.2, 0.25) is 10.0 Å². The number of carboxylic acids is 1. The van der Waals surface area contributed by atoms with Gasteiger partial charge in [-0.2, -0.15) is 0 Å². The van der Waals surface area contributed by atoms with Crippen LogP contribution in [0, 0.1) is 0 Å². The Morgan fingerprint density at radius 3 is 2.67 bits per heavy atom. The molecule has 0 amide bonds. The van der Waals surface area contributed by atoms with Gasteiger partial charge in [0.15, 0.2) is 0 Å². The fourth-order valence-corrected chi connectivity index (χ4v) is 3.74. The second kappa shape index (κ2) is 4.78. The average molecular weight is 290 g/mol. The molecule has 1 saturated heterocycles. The van der Waals surface area contributed by atoms with E-state index in [0.29, 0.717) is 18.7 Å². The Labute approximate surface area is 110 Å². The number of halogens is 1. The summed E-state index contributed by atoms with van der Waals surface area (Å²) in [7, 11) is -3.33. The smallest absolute Gasteiger partial charge is 0.337 e. The molecule has 1 aromatic rings. The van der Waals surface area contributed by atoms with Crippen molar-refractivity contribution in [1.82, 2.24) is 0 Å². The second-order valence-electron chi connectivity index (χ2n) is 4.06. The zero-order chi connectivity index (χ0) is 13.3. The number of aromatic carboxylic acids is 1. The number of benzene rings is 1. The summed E-state index contributed by atoms with van der Waals surface area (Å²) in [4.78, 5) is 11.0. The summed E-state index contributed by atoms with van der Waals surface area (Å²) in [6, 6.07) is 4.23. The van der Waals surface area contributed by atoms with Crippen molar-refractivity contribution in [2.24, 2.45) is 0 Å². The minimum Gasteiger partial charge on any atom is -0.478 e. The lowest BCUT2D eigenvalue weighted by Gasteiger charge is -2.28. The highest BCUT2D eigenvalue weighted by Gasteiger charge is 2.26. The first kappa shape index (κ1) is 13.2. The van der Waals surface area contributed by atoms with Crippen molar-refractivity contribution in [1.29, 1.82) is 0 Å². The molecule has 2 rings (SSSR count). The molecule has 1 N–H and O–H groups in total. The van der Waals surface area contributed by atoms with Crippen LogP contribution in [-0.2, 0) is 10.0 Å². The third-order valence-corrected chi connectivity index (χ3v) is 5.02. The molecule has 1 heterocycles. The molecule has 0 saturated carbocycles. The first-order valence-electron chi connectivity index (χ1n) is 5.45. The van der Waals surface area contributed by atoms with Crippen molar-refractivity contribution < 1.29 is 18.3 Å². The number of carboxylic acid groups (broad SMARTS) is 1. The predicted octanol–water partition coefficient (Wildman–Crippen LogP) is 1.97. The Morgan fingerprint density at radius 2 is 2.06 bits per heavy atom. The zero-order valence-corrected chi connectivity index (χ0v) is 11.0. The second-order valence-corrected chi connectivity index (χ2v) is 6.48. The van der Waals surface area contributed by atoms with Gasteiger partial charge in [0, 0.05) is 6.54 Å². The topological polar surface area (TPSA) is 74.7 Å². The molecule has 0 atom stereocenters. The van der Waals surface area contributed by atoms with Crippen molar-refractivity contribution >= 4 is 33.3 Å². The standard InChI is InChI=1S/C11H12ClNO4S/c12-10-4-3-8(7-9(10)11(14)15)13-5-1-2-6-18(13,16)17/h3-4,7H,1-2,5-6H2,(H,14,15). The number of nitrogens with zero attached hydrogens (tertiary/aromatic N) is 1. The quantitative estimate of drug-likeness (QED) is 0.903. The number of sulfonamides is 1. The number of anilines is 1. The summed E-state index contributed by atoms with van der Waals surface area (Å²) in [5.74, 6) is -1.07. The molecule has 0 radical (unpaired) electrons. The monoisotopic (exact) mass is 289 g/mol. The van der Waals surface area contributed by atoms with Gasteiger partial charge in [-0.15, -0.1) is 0 Å². The van der Waals surface area contributed by atoms with Crippen molar-refractivity contribution in [2.45, 2.75) is 12.8 Å². The first-order chi connectivity index (χ1) is 8.42. The lowest BCUT2D eigenvalue weighted by Crippen LogP contribution is -2.37. The first-order valence-corrected chi connectivity index (χ1v) is 7.44. The molecule has 0 aliphatic carbocycles. The van der Waals surface area contributed by atoms with E-state index in [-0.39, 0.29) is 16.3 Å². The largest absolute Gasteiger partial charge is 0.478 e. The maximum Gasteiger partial charge on any atom is 0.337 e. The van der Waals surface area contributed by atoms with Crippen LogP contribution in [0.5, 0.6) is 0 Å². The van der Waals surface area contributed by atoms with Gasteiger partial charge in [0.1, 0.15) is 0 Å². The summed E-state index contributed by atoms with van der Waals surface area (Å²) >= 11 is 5.75. The Kier molecular flexibility index (Phi) is 3.49. The van der Waals surface area contributed by atoms with Crippen molar-refractivity contribution in [3.8, 4) is 0 Å². The molecule has 0 aromatic heterocycles. The fraction of sp³-hybridized carbons (Fsp3) is 0.364. The van der Waals surface area contributed by atoms with Crippen molar-refractivity contribution in [3.05, 3.63) is 28.8 Å². The fourth-order valence-electron chi connectivity index (χ4n) is 1.91. The molecule has 98 valence electrons. The summed E-state index contributed by atoms with van der Waals surface area (Å²) in [6.45, 7) is 0.378. The van der Waals surface area contributed by atoms with E-state index in [9.17, 15) is 13.2 Å². The normalized spacial score (nSPS) is 18.6. The molecule has 0 spiro atoms. The number of hydrogen-bond acceptors (Lipinski definition) is 3. The van der Waals surface area contributed by atoms with Crippen LogP contribution in [0.25, 0.3) is 0 Å². The van der Waals surface area contributed by atoms with Crippen LogP contribution in [0.15, 0.2) is 18.2 Å². The molecule has 7 heteroatoms. The third-order valence-electron chi connectivity index (χ3n) is 2.82. The third kappa shape index (κ3) is 2.44. The van der Waals surface area contributed by atoms with Gasteiger partial charge in [-0.1, -0.05) is 11.6 Å². The van der Waals surface area contributed by atoms with Crippen molar-refractivity contribution in [2.75, 3.05) is 16.6 Å². The van der Waals surface area contributed by atoms with E-state index in [0.717, 1.165) is 6.42 Å². The Morgan fingerprint density at radius 1 is 1.33 bits per heavy atom. The summed E-state index contributed by atoms with van der Waals surface area (Å²) in [5, 5.41) is 9.06. The molecule has 1 aliphatic rings.